The number of amides is 1. The van der Waals surface area contributed by atoms with Crippen molar-refractivity contribution in [1.82, 2.24) is 20.7 Å². The molecule has 32 heavy (non-hydrogen) atoms. The average molecular weight is 458 g/mol. The van der Waals surface area contributed by atoms with E-state index in [9.17, 15) is 13.2 Å². The molecule has 0 aliphatic heterocycles. The van der Waals surface area contributed by atoms with Crippen molar-refractivity contribution in [3.63, 3.8) is 0 Å². The lowest BCUT2D eigenvalue weighted by molar-refractivity contribution is 0.0273. The first kappa shape index (κ1) is 22.2. The first-order valence-corrected chi connectivity index (χ1v) is 12.3. The fraction of sp³-hybridized carbons (Fsp3) is 0.409. The van der Waals surface area contributed by atoms with Gasteiger partial charge in [0.1, 0.15) is 11.0 Å². The van der Waals surface area contributed by atoms with Crippen LogP contribution in [0, 0.1) is 0 Å². The topological polar surface area (TPSA) is 126 Å². The number of rotatable bonds is 9. The van der Waals surface area contributed by atoms with Gasteiger partial charge in [-0.1, -0.05) is 25.3 Å². The fourth-order valence-electron chi connectivity index (χ4n) is 3.78. The summed E-state index contributed by atoms with van der Waals surface area (Å²) in [6.07, 6.45) is 7.10. The van der Waals surface area contributed by atoms with Gasteiger partial charge in [0.2, 0.25) is 0 Å². The van der Waals surface area contributed by atoms with Crippen LogP contribution in [0.25, 0.3) is 11.0 Å². The van der Waals surface area contributed by atoms with Crippen LogP contribution in [0.1, 0.15) is 48.9 Å². The van der Waals surface area contributed by atoms with Crippen molar-refractivity contribution in [3.05, 3.63) is 48.0 Å². The maximum Gasteiger partial charge on any atom is 0.261 e. The predicted octanol–water partition coefficient (Wildman–Crippen LogP) is 3.23. The van der Waals surface area contributed by atoms with Gasteiger partial charge < -0.3 is 10.1 Å². The normalized spacial score (nSPS) is 15.0. The molecule has 0 bridgehead atoms. The standard InChI is InChI=1S/C22H27N5O4S/c28-22(23-12-5-13-31-18-8-2-1-3-9-18)16-6-4-7-17(14-16)26-32(29,30)19-10-11-20-21(15-19)25-27-24-20/h4,6-7,10-11,14-15,18,26H,1-3,5,8-9,12-13H2,(H,23,28)(H,24,25,27). The molecule has 1 aliphatic carbocycles. The number of carbonyl (C=O) groups excluding carboxylic acids is 1. The van der Waals surface area contributed by atoms with Crippen molar-refractivity contribution in [1.29, 1.82) is 0 Å². The van der Waals surface area contributed by atoms with Crippen LogP contribution in [0.2, 0.25) is 0 Å². The lowest BCUT2D eigenvalue weighted by Crippen LogP contribution is -2.26. The molecule has 1 heterocycles. The maximum atomic E-state index is 12.7. The third-order valence-electron chi connectivity index (χ3n) is 5.49. The van der Waals surface area contributed by atoms with Gasteiger partial charge in [0.25, 0.3) is 15.9 Å². The van der Waals surface area contributed by atoms with E-state index < -0.39 is 10.0 Å². The molecule has 10 heteroatoms. The number of carbonyl (C=O) groups is 1. The zero-order valence-corrected chi connectivity index (χ0v) is 18.5. The van der Waals surface area contributed by atoms with Gasteiger partial charge in [0.15, 0.2) is 0 Å². The van der Waals surface area contributed by atoms with Gasteiger partial charge in [0.05, 0.1) is 11.0 Å². The summed E-state index contributed by atoms with van der Waals surface area (Å²) in [6, 6.07) is 10.9. The maximum absolute atomic E-state index is 12.7. The number of fused-ring (bicyclic) bond motifs is 1. The summed E-state index contributed by atoms with van der Waals surface area (Å²) in [5.74, 6) is -0.257. The van der Waals surface area contributed by atoms with E-state index in [4.69, 9.17) is 4.74 Å². The summed E-state index contributed by atoms with van der Waals surface area (Å²) in [7, 11) is -3.84. The Bertz CT molecular complexity index is 1170. The van der Waals surface area contributed by atoms with E-state index in [0.29, 0.717) is 41.5 Å². The van der Waals surface area contributed by atoms with Crippen molar-refractivity contribution in [2.24, 2.45) is 0 Å². The van der Waals surface area contributed by atoms with Gasteiger partial charge in [0, 0.05) is 24.4 Å². The smallest absolute Gasteiger partial charge is 0.261 e. The van der Waals surface area contributed by atoms with E-state index in [-0.39, 0.29) is 10.8 Å². The largest absolute Gasteiger partial charge is 0.378 e. The van der Waals surface area contributed by atoms with Crippen molar-refractivity contribution in [3.8, 4) is 0 Å². The second-order valence-electron chi connectivity index (χ2n) is 7.90. The Morgan fingerprint density at radius 1 is 1.06 bits per heavy atom. The monoisotopic (exact) mass is 457 g/mol. The van der Waals surface area contributed by atoms with Crippen LogP contribution in [0.5, 0.6) is 0 Å². The zero-order valence-electron chi connectivity index (χ0n) is 17.7. The fourth-order valence-corrected chi connectivity index (χ4v) is 4.85. The number of nitrogens with one attached hydrogen (secondary N) is 3. The predicted molar refractivity (Wildman–Crippen MR) is 121 cm³/mol. The molecule has 0 atom stereocenters. The second-order valence-corrected chi connectivity index (χ2v) is 9.58. The number of H-pyrrole nitrogens is 1. The summed E-state index contributed by atoms with van der Waals surface area (Å²) in [5.41, 5.74) is 1.71. The molecule has 3 aromatic rings. The highest BCUT2D eigenvalue weighted by Gasteiger charge is 2.17. The van der Waals surface area contributed by atoms with E-state index in [1.165, 1.54) is 37.5 Å². The summed E-state index contributed by atoms with van der Waals surface area (Å²) in [6.45, 7) is 1.12. The zero-order chi connectivity index (χ0) is 22.4. The second kappa shape index (κ2) is 10.1. The molecule has 4 rings (SSSR count). The van der Waals surface area contributed by atoms with Crippen molar-refractivity contribution in [2.45, 2.75) is 49.5 Å². The molecule has 0 radical (unpaired) electrons. The molecule has 1 amide bonds. The third kappa shape index (κ3) is 5.63. The SMILES string of the molecule is O=C(NCCCOC1CCCCC1)c1cccc(NS(=O)(=O)c2ccc3n[nH]nc3c2)c1. The lowest BCUT2D eigenvalue weighted by atomic mass is 9.98. The molecule has 9 nitrogen and oxygen atoms in total. The molecule has 170 valence electrons. The first-order valence-electron chi connectivity index (χ1n) is 10.8. The molecule has 1 fully saturated rings. The minimum absolute atomic E-state index is 0.0618. The van der Waals surface area contributed by atoms with Gasteiger partial charge >= 0.3 is 0 Å². The molecule has 0 saturated heterocycles. The number of aromatic nitrogens is 3. The Morgan fingerprint density at radius 3 is 2.72 bits per heavy atom. The molecule has 1 aromatic heterocycles. The van der Waals surface area contributed by atoms with Crippen molar-refractivity contribution in [2.75, 3.05) is 17.9 Å². The van der Waals surface area contributed by atoms with Gasteiger partial charge in [-0.2, -0.15) is 15.4 Å². The number of anilines is 1. The van der Waals surface area contributed by atoms with E-state index in [1.54, 1.807) is 24.3 Å². The van der Waals surface area contributed by atoms with Crippen molar-refractivity contribution < 1.29 is 17.9 Å². The van der Waals surface area contributed by atoms with Gasteiger partial charge in [-0.05, 0) is 55.7 Å². The highest BCUT2D eigenvalue weighted by molar-refractivity contribution is 7.92. The van der Waals surface area contributed by atoms with E-state index >= 15 is 0 Å². The van der Waals surface area contributed by atoms with Gasteiger partial charge in [-0.25, -0.2) is 8.42 Å². The molecule has 0 unspecified atom stereocenters. The average Bonchev–Trinajstić information content (AvgIpc) is 3.27. The molecule has 1 saturated carbocycles. The highest BCUT2D eigenvalue weighted by Crippen LogP contribution is 2.21. The van der Waals surface area contributed by atoms with Crippen molar-refractivity contribution >= 4 is 32.7 Å². The quantitative estimate of drug-likeness (QED) is 0.424. The van der Waals surface area contributed by atoms with E-state index in [0.717, 1.165) is 19.3 Å². The van der Waals surface area contributed by atoms with Gasteiger partial charge in [-0.3, -0.25) is 9.52 Å². The van der Waals surface area contributed by atoms with Crippen LogP contribution in [-0.2, 0) is 14.8 Å². The van der Waals surface area contributed by atoms with Crippen LogP contribution >= 0.6 is 0 Å². The Kier molecular flexibility index (Phi) is 7.01. The summed E-state index contributed by atoms with van der Waals surface area (Å²) in [4.78, 5) is 12.5. The number of benzene rings is 2. The minimum Gasteiger partial charge on any atom is -0.378 e. The number of nitrogens with zero attached hydrogens (tertiary/aromatic N) is 2. The van der Waals surface area contributed by atoms with E-state index in [2.05, 4.69) is 25.4 Å². The first-order chi connectivity index (χ1) is 15.5. The van der Waals surface area contributed by atoms with Crippen LogP contribution < -0.4 is 10.0 Å². The molecular formula is C22H27N5O4S. The number of aromatic amines is 1. The Hall–Kier alpha value is -2.98. The van der Waals surface area contributed by atoms with Crippen LogP contribution in [-0.4, -0.2) is 49.0 Å². The number of sulfonamides is 1. The lowest BCUT2D eigenvalue weighted by Gasteiger charge is -2.21. The number of hydrogen-bond acceptors (Lipinski definition) is 6. The molecule has 2 aromatic carbocycles. The molecule has 0 spiro atoms. The van der Waals surface area contributed by atoms with Crippen LogP contribution in [0.15, 0.2) is 47.4 Å². The summed E-state index contributed by atoms with van der Waals surface area (Å²) in [5, 5.41) is 13.1. The summed E-state index contributed by atoms with van der Waals surface area (Å²) < 4.78 is 33.9. The highest BCUT2D eigenvalue weighted by atomic mass is 32.2. The van der Waals surface area contributed by atoms with Crippen LogP contribution in [0.4, 0.5) is 5.69 Å². The minimum atomic E-state index is -3.84. The molecule has 3 N–H and O–H groups in total. The summed E-state index contributed by atoms with van der Waals surface area (Å²) >= 11 is 0. The van der Waals surface area contributed by atoms with Gasteiger partial charge in [-0.15, -0.1) is 0 Å². The Morgan fingerprint density at radius 2 is 1.88 bits per heavy atom. The molecular weight excluding hydrogens is 430 g/mol. The third-order valence-corrected chi connectivity index (χ3v) is 6.87. The van der Waals surface area contributed by atoms with E-state index in [1.807, 2.05) is 0 Å². The Labute approximate surface area is 187 Å². The number of ether oxygens (including phenoxy) is 1. The number of hydrogen-bond donors (Lipinski definition) is 3. The van der Waals surface area contributed by atoms with Crippen LogP contribution in [0.3, 0.4) is 0 Å². The Balaban J connectivity index is 1.30. The molecule has 1 aliphatic rings.